The van der Waals surface area contributed by atoms with E-state index < -0.39 is 0 Å². The number of rotatable bonds is 1. The van der Waals surface area contributed by atoms with Gasteiger partial charge >= 0.3 is 108 Å². The van der Waals surface area contributed by atoms with E-state index in [-0.39, 0.29) is 0 Å². The van der Waals surface area contributed by atoms with E-state index in [1.54, 1.807) is 0 Å². The number of hydrogen-bond acceptors (Lipinski definition) is 0. The van der Waals surface area contributed by atoms with E-state index in [1.165, 1.54) is 21.2 Å². The molecule has 0 bridgehead atoms. The Hall–Kier alpha value is -1.56. The molecular weight excluding hydrogens is 271 g/mol. The van der Waals surface area contributed by atoms with Gasteiger partial charge in [0.05, 0.1) is 0 Å². The fourth-order valence-corrected chi connectivity index (χ4v) is 3.77. The van der Waals surface area contributed by atoms with Gasteiger partial charge in [-0.1, -0.05) is 0 Å². The first-order valence-corrected chi connectivity index (χ1v) is 7.47. The van der Waals surface area contributed by atoms with Crippen molar-refractivity contribution >= 4 is 31.6 Å². The van der Waals surface area contributed by atoms with Crippen LogP contribution in [0.4, 0.5) is 0 Å². The normalized spacial score (nSPS) is 15.9. The Bertz CT molecular complexity index is 579. The second-order valence-electron chi connectivity index (χ2n) is 3.93. The van der Waals surface area contributed by atoms with Gasteiger partial charge in [0.1, 0.15) is 0 Å². The first-order chi connectivity index (χ1) is 8.43. The Balaban J connectivity index is 2.06. The third kappa shape index (κ3) is 2.26. The molecule has 0 atom stereocenters. The van der Waals surface area contributed by atoms with Crippen molar-refractivity contribution in [3.63, 3.8) is 0 Å². The minimum atomic E-state index is 0.449. The van der Waals surface area contributed by atoms with Gasteiger partial charge in [0.25, 0.3) is 0 Å². The predicted octanol–water partition coefficient (Wildman–Crippen LogP) is 3.87. The molecule has 0 nitrogen and oxygen atoms in total. The van der Waals surface area contributed by atoms with Gasteiger partial charge in [0, 0.05) is 0 Å². The van der Waals surface area contributed by atoms with Gasteiger partial charge in [-0.25, -0.2) is 0 Å². The molecule has 0 aliphatic carbocycles. The molecule has 0 saturated carbocycles. The van der Waals surface area contributed by atoms with Gasteiger partial charge in [-0.2, -0.15) is 0 Å². The van der Waals surface area contributed by atoms with Crippen molar-refractivity contribution in [2.75, 3.05) is 0 Å². The number of fused-ring (bicyclic) bond motifs is 1. The van der Waals surface area contributed by atoms with Crippen molar-refractivity contribution in [1.29, 1.82) is 0 Å². The molecular formula is C16H12Se. The molecule has 1 heterocycles. The fourth-order valence-electron chi connectivity index (χ4n) is 1.92. The van der Waals surface area contributed by atoms with Crippen LogP contribution in [0.15, 0.2) is 59.6 Å². The molecule has 0 fully saturated rings. The van der Waals surface area contributed by atoms with Gasteiger partial charge in [-0.15, -0.1) is 0 Å². The molecule has 0 N–H and O–H groups in total. The van der Waals surface area contributed by atoms with E-state index in [9.17, 15) is 0 Å². The third-order valence-electron chi connectivity index (χ3n) is 2.77. The molecule has 17 heavy (non-hydrogen) atoms. The summed E-state index contributed by atoms with van der Waals surface area (Å²) < 4.78 is 1.46. The average Bonchev–Trinajstić information content (AvgIpc) is 2.40. The van der Waals surface area contributed by atoms with E-state index in [2.05, 4.69) is 71.7 Å². The standard InChI is InChI=1S/C16H12Se/c1-2-6-13(7-3-1)12-16-15-9-5-4-8-14(15)10-11-17-16/h1-12H/b16-12-. The molecule has 82 valence electrons. The quantitative estimate of drug-likeness (QED) is 0.697. The van der Waals surface area contributed by atoms with E-state index in [4.69, 9.17) is 0 Å². The van der Waals surface area contributed by atoms with Crippen LogP contribution in [0, 0.1) is 0 Å². The van der Waals surface area contributed by atoms with Gasteiger partial charge in [-0.05, 0) is 0 Å². The van der Waals surface area contributed by atoms with E-state index in [0.29, 0.717) is 15.0 Å². The van der Waals surface area contributed by atoms with Crippen molar-refractivity contribution in [3.8, 4) is 0 Å². The molecule has 0 saturated heterocycles. The average molecular weight is 283 g/mol. The predicted molar refractivity (Wildman–Crippen MR) is 75.5 cm³/mol. The summed E-state index contributed by atoms with van der Waals surface area (Å²) in [5.74, 6) is 0. The topological polar surface area (TPSA) is 0 Å². The van der Waals surface area contributed by atoms with Crippen LogP contribution < -0.4 is 0 Å². The van der Waals surface area contributed by atoms with Crippen LogP contribution >= 0.6 is 0 Å². The Morgan fingerprint density at radius 2 is 1.59 bits per heavy atom. The molecule has 0 aromatic heterocycles. The van der Waals surface area contributed by atoms with Crippen molar-refractivity contribution in [2.24, 2.45) is 0 Å². The van der Waals surface area contributed by atoms with Crippen molar-refractivity contribution < 1.29 is 0 Å². The molecule has 1 aliphatic heterocycles. The molecule has 2 aromatic rings. The van der Waals surface area contributed by atoms with E-state index in [0.717, 1.165) is 0 Å². The first-order valence-electron chi connectivity index (χ1n) is 5.63. The fraction of sp³-hybridized carbons (Fsp3) is 0. The molecule has 2 aromatic carbocycles. The molecule has 1 aliphatic rings. The summed E-state index contributed by atoms with van der Waals surface area (Å²) in [5, 5.41) is 0. The van der Waals surface area contributed by atoms with Gasteiger partial charge in [0.15, 0.2) is 0 Å². The van der Waals surface area contributed by atoms with Crippen LogP contribution in [0.25, 0.3) is 16.6 Å². The zero-order valence-electron chi connectivity index (χ0n) is 9.34. The van der Waals surface area contributed by atoms with Crippen molar-refractivity contribution in [3.05, 3.63) is 76.3 Å². The van der Waals surface area contributed by atoms with E-state index >= 15 is 0 Å². The van der Waals surface area contributed by atoms with Crippen LogP contribution in [-0.2, 0) is 0 Å². The molecule has 1 heteroatoms. The summed E-state index contributed by atoms with van der Waals surface area (Å²) in [6.07, 6.45) is 4.54. The molecule has 0 amide bonds. The summed E-state index contributed by atoms with van der Waals surface area (Å²) in [4.78, 5) is 2.30. The molecule has 0 unspecified atom stereocenters. The molecule has 3 rings (SSSR count). The third-order valence-corrected chi connectivity index (χ3v) is 4.58. The van der Waals surface area contributed by atoms with Gasteiger partial charge in [-0.3, -0.25) is 0 Å². The minimum absolute atomic E-state index is 0.449. The maximum atomic E-state index is 2.31. The van der Waals surface area contributed by atoms with Crippen LogP contribution in [0.1, 0.15) is 16.7 Å². The maximum absolute atomic E-state index is 2.31. The summed E-state index contributed by atoms with van der Waals surface area (Å²) in [5.41, 5.74) is 4.01. The van der Waals surface area contributed by atoms with Gasteiger partial charge < -0.3 is 0 Å². The first kappa shape index (κ1) is 10.6. The molecule has 0 spiro atoms. The van der Waals surface area contributed by atoms with Crippen LogP contribution in [0.2, 0.25) is 0 Å². The summed E-state index contributed by atoms with van der Waals surface area (Å²) in [6.45, 7) is 0. The zero-order chi connectivity index (χ0) is 11.5. The van der Waals surface area contributed by atoms with E-state index in [1.807, 2.05) is 0 Å². The molecule has 0 radical (unpaired) electrons. The number of hydrogen-bond donors (Lipinski definition) is 0. The van der Waals surface area contributed by atoms with Crippen molar-refractivity contribution in [2.45, 2.75) is 0 Å². The zero-order valence-corrected chi connectivity index (χ0v) is 11.0. The Kier molecular flexibility index (Phi) is 2.96. The second kappa shape index (κ2) is 4.75. The second-order valence-corrected chi connectivity index (χ2v) is 5.92. The van der Waals surface area contributed by atoms with Crippen molar-refractivity contribution in [1.82, 2.24) is 0 Å². The Labute approximate surface area is 108 Å². The Morgan fingerprint density at radius 1 is 0.824 bits per heavy atom. The summed E-state index contributed by atoms with van der Waals surface area (Å²) in [6, 6.07) is 19.2. The summed E-state index contributed by atoms with van der Waals surface area (Å²) >= 11 is 0.449. The number of benzene rings is 2. The van der Waals surface area contributed by atoms with Gasteiger partial charge in [0.2, 0.25) is 0 Å². The monoisotopic (exact) mass is 284 g/mol. The van der Waals surface area contributed by atoms with Crippen LogP contribution in [-0.4, -0.2) is 15.0 Å². The SMILES string of the molecule is C1=Cc2ccccc2/C(=C/c2ccccc2)[Se]1. The summed E-state index contributed by atoms with van der Waals surface area (Å²) in [7, 11) is 0. The Morgan fingerprint density at radius 3 is 2.47 bits per heavy atom. The van der Waals surface area contributed by atoms with Crippen LogP contribution in [0.5, 0.6) is 0 Å². The van der Waals surface area contributed by atoms with Crippen LogP contribution in [0.3, 0.4) is 0 Å².